The van der Waals surface area contributed by atoms with Crippen LogP contribution in [0.3, 0.4) is 0 Å². The lowest BCUT2D eigenvalue weighted by Gasteiger charge is -2.20. The first-order valence-corrected chi connectivity index (χ1v) is 3.47. The van der Waals surface area contributed by atoms with Crippen molar-refractivity contribution < 1.29 is 18.7 Å². The highest BCUT2D eigenvalue weighted by Gasteiger charge is 2.59. The molecule has 0 amide bonds. The Bertz CT molecular complexity index is 179. The third-order valence-corrected chi connectivity index (χ3v) is 2.27. The second-order valence-electron chi connectivity index (χ2n) is 3.24. The van der Waals surface area contributed by atoms with Crippen LogP contribution in [0.1, 0.15) is 26.2 Å². The molecule has 1 N–H and O–H groups in total. The molecule has 1 saturated carbocycles. The van der Waals surface area contributed by atoms with Crippen LogP contribution in [0.5, 0.6) is 0 Å². The molecule has 1 aliphatic rings. The van der Waals surface area contributed by atoms with E-state index in [0.717, 1.165) is 6.92 Å². The summed E-state index contributed by atoms with van der Waals surface area (Å²) in [6, 6.07) is 0. The van der Waals surface area contributed by atoms with Crippen LogP contribution in [0.25, 0.3) is 0 Å². The lowest BCUT2D eigenvalue weighted by Crippen LogP contribution is -2.28. The van der Waals surface area contributed by atoms with Crippen LogP contribution in [0.2, 0.25) is 0 Å². The normalized spacial score (nSPS) is 21.4. The molecule has 0 aromatic carbocycles. The van der Waals surface area contributed by atoms with Crippen LogP contribution in [0.15, 0.2) is 0 Å². The van der Waals surface area contributed by atoms with E-state index in [2.05, 4.69) is 0 Å². The van der Waals surface area contributed by atoms with Gasteiger partial charge in [0.05, 0.1) is 6.42 Å². The van der Waals surface area contributed by atoms with E-state index < -0.39 is 23.7 Å². The highest BCUT2D eigenvalue weighted by molar-refractivity contribution is 5.68. The molecule has 64 valence electrons. The fourth-order valence-electron chi connectivity index (χ4n) is 1.21. The Morgan fingerprint density at radius 2 is 2.09 bits per heavy atom. The molecular weight excluding hydrogens is 154 g/mol. The van der Waals surface area contributed by atoms with E-state index in [4.69, 9.17) is 5.11 Å². The number of hydrogen-bond donors (Lipinski definition) is 1. The number of alkyl halides is 2. The third kappa shape index (κ3) is 1.49. The van der Waals surface area contributed by atoms with Gasteiger partial charge < -0.3 is 5.11 Å². The molecule has 0 aliphatic heterocycles. The summed E-state index contributed by atoms with van der Waals surface area (Å²) in [4.78, 5) is 10.2. The minimum absolute atomic E-state index is 0.336. The van der Waals surface area contributed by atoms with Gasteiger partial charge in [0.1, 0.15) is 0 Å². The Labute approximate surface area is 63.2 Å². The zero-order chi connectivity index (χ0) is 8.70. The molecule has 0 atom stereocenters. The van der Waals surface area contributed by atoms with Crippen LogP contribution < -0.4 is 0 Å². The Morgan fingerprint density at radius 1 is 1.64 bits per heavy atom. The van der Waals surface area contributed by atoms with Gasteiger partial charge in [-0.05, 0) is 19.8 Å². The molecule has 0 aromatic rings. The molecule has 4 heteroatoms. The minimum Gasteiger partial charge on any atom is -0.481 e. The van der Waals surface area contributed by atoms with Crippen LogP contribution >= 0.6 is 0 Å². The van der Waals surface area contributed by atoms with Crippen LogP contribution in [0.4, 0.5) is 8.78 Å². The van der Waals surface area contributed by atoms with Crippen molar-refractivity contribution in [3.63, 3.8) is 0 Å². The molecule has 0 bridgehead atoms. The molecule has 0 saturated heterocycles. The van der Waals surface area contributed by atoms with Crippen LogP contribution in [-0.2, 0) is 4.79 Å². The van der Waals surface area contributed by atoms with Crippen molar-refractivity contribution in [2.75, 3.05) is 0 Å². The van der Waals surface area contributed by atoms with Gasteiger partial charge in [-0.25, -0.2) is 8.78 Å². The van der Waals surface area contributed by atoms with Gasteiger partial charge in [-0.1, -0.05) is 0 Å². The molecule has 0 unspecified atom stereocenters. The zero-order valence-corrected chi connectivity index (χ0v) is 6.23. The zero-order valence-electron chi connectivity index (χ0n) is 6.23. The van der Waals surface area contributed by atoms with Gasteiger partial charge >= 0.3 is 5.97 Å². The SMILES string of the molecule is CC(F)(F)C1(CC(=O)O)CC1. The lowest BCUT2D eigenvalue weighted by atomic mass is 9.95. The third-order valence-electron chi connectivity index (χ3n) is 2.27. The summed E-state index contributed by atoms with van der Waals surface area (Å²) in [5.41, 5.74) is -1.22. The Hall–Kier alpha value is -0.670. The maximum Gasteiger partial charge on any atom is 0.304 e. The topological polar surface area (TPSA) is 37.3 Å². The summed E-state index contributed by atoms with van der Waals surface area (Å²) in [6.45, 7) is 0.795. The molecule has 1 aliphatic carbocycles. The van der Waals surface area contributed by atoms with Crippen molar-refractivity contribution in [1.82, 2.24) is 0 Å². The summed E-state index contributed by atoms with van der Waals surface area (Å²) < 4.78 is 25.3. The number of carboxylic acid groups (broad SMARTS) is 1. The van der Waals surface area contributed by atoms with Crippen LogP contribution in [-0.4, -0.2) is 17.0 Å². The maximum atomic E-state index is 12.7. The van der Waals surface area contributed by atoms with E-state index in [-0.39, 0.29) is 0 Å². The number of rotatable bonds is 3. The second kappa shape index (κ2) is 2.16. The summed E-state index contributed by atoms with van der Waals surface area (Å²) >= 11 is 0. The van der Waals surface area contributed by atoms with Gasteiger partial charge in [0.2, 0.25) is 0 Å². The van der Waals surface area contributed by atoms with E-state index in [0.29, 0.717) is 12.8 Å². The largest absolute Gasteiger partial charge is 0.481 e. The molecule has 1 rings (SSSR count). The average molecular weight is 164 g/mol. The van der Waals surface area contributed by atoms with Gasteiger partial charge in [0, 0.05) is 5.41 Å². The van der Waals surface area contributed by atoms with Gasteiger partial charge in [-0.3, -0.25) is 4.79 Å². The molecule has 0 aromatic heterocycles. The Kier molecular flexibility index (Phi) is 1.65. The summed E-state index contributed by atoms with van der Waals surface area (Å²) in [6.07, 6.45) is 0.266. The first-order valence-electron chi connectivity index (χ1n) is 3.47. The van der Waals surface area contributed by atoms with Crippen LogP contribution in [0, 0.1) is 5.41 Å². The van der Waals surface area contributed by atoms with Gasteiger partial charge in [0.15, 0.2) is 0 Å². The van der Waals surface area contributed by atoms with E-state index in [1.807, 2.05) is 0 Å². The van der Waals surface area contributed by atoms with Crippen molar-refractivity contribution in [3.8, 4) is 0 Å². The monoisotopic (exact) mass is 164 g/mol. The highest BCUT2D eigenvalue weighted by atomic mass is 19.3. The Morgan fingerprint density at radius 3 is 2.18 bits per heavy atom. The number of hydrogen-bond acceptors (Lipinski definition) is 1. The van der Waals surface area contributed by atoms with Crippen molar-refractivity contribution >= 4 is 5.97 Å². The van der Waals surface area contributed by atoms with E-state index in [1.54, 1.807) is 0 Å². The number of carbonyl (C=O) groups is 1. The average Bonchev–Trinajstić information content (AvgIpc) is 2.42. The number of carboxylic acids is 1. The first kappa shape index (κ1) is 8.43. The fourth-order valence-corrected chi connectivity index (χ4v) is 1.21. The fraction of sp³-hybridized carbons (Fsp3) is 0.857. The number of halogens is 2. The van der Waals surface area contributed by atoms with Gasteiger partial charge in [-0.15, -0.1) is 0 Å². The first-order chi connectivity index (χ1) is 4.87. The van der Waals surface area contributed by atoms with Crippen molar-refractivity contribution in [2.45, 2.75) is 32.1 Å². The smallest absolute Gasteiger partial charge is 0.304 e. The van der Waals surface area contributed by atoms with Gasteiger partial charge in [-0.2, -0.15) is 0 Å². The van der Waals surface area contributed by atoms with Crippen molar-refractivity contribution in [3.05, 3.63) is 0 Å². The maximum absolute atomic E-state index is 12.7. The quantitative estimate of drug-likeness (QED) is 0.691. The molecule has 11 heavy (non-hydrogen) atoms. The van der Waals surface area contributed by atoms with Crippen molar-refractivity contribution in [2.24, 2.45) is 5.41 Å². The summed E-state index contributed by atoms with van der Waals surface area (Å²) in [5.74, 6) is -3.98. The minimum atomic E-state index is -2.84. The Balaban J connectivity index is 2.61. The van der Waals surface area contributed by atoms with Crippen molar-refractivity contribution in [1.29, 1.82) is 0 Å². The second-order valence-corrected chi connectivity index (χ2v) is 3.24. The molecular formula is C7H10F2O2. The summed E-state index contributed by atoms with van der Waals surface area (Å²) in [5, 5.41) is 8.32. The molecule has 0 spiro atoms. The van der Waals surface area contributed by atoms with E-state index in [9.17, 15) is 13.6 Å². The van der Waals surface area contributed by atoms with Gasteiger partial charge in [0.25, 0.3) is 5.92 Å². The van der Waals surface area contributed by atoms with E-state index >= 15 is 0 Å². The number of aliphatic carboxylic acids is 1. The molecule has 0 radical (unpaired) electrons. The molecule has 2 nitrogen and oxygen atoms in total. The van der Waals surface area contributed by atoms with E-state index in [1.165, 1.54) is 0 Å². The molecule has 1 fully saturated rings. The standard InChI is InChI=1S/C7H10F2O2/c1-6(8,9)7(2-3-7)4-5(10)11/h2-4H2,1H3,(H,10,11). The predicted octanol–water partition coefficient (Wildman–Crippen LogP) is 1.90. The highest BCUT2D eigenvalue weighted by Crippen LogP contribution is 2.58. The summed E-state index contributed by atoms with van der Waals surface area (Å²) in [7, 11) is 0. The predicted molar refractivity (Wildman–Crippen MR) is 34.5 cm³/mol. The molecule has 0 heterocycles. The lowest BCUT2D eigenvalue weighted by molar-refractivity contribution is -0.144.